The Morgan fingerprint density at radius 3 is 2.61 bits per heavy atom. The number of hydrogen-bond acceptors (Lipinski definition) is 5. The van der Waals surface area contributed by atoms with Crippen LogP contribution in [-0.2, 0) is 17.6 Å². The number of nitrogens with one attached hydrogen (secondary N) is 3. The summed E-state index contributed by atoms with van der Waals surface area (Å²) in [4.78, 5) is 26.3. The largest absolute Gasteiger partial charge is 0.376 e. The molecule has 1 aliphatic rings. The van der Waals surface area contributed by atoms with E-state index in [1.165, 1.54) is 40.5 Å². The number of fused-ring (bicyclic) bond motifs is 1. The highest BCUT2D eigenvalue weighted by Crippen LogP contribution is 2.38. The lowest BCUT2D eigenvalue weighted by Crippen LogP contribution is -2.23. The van der Waals surface area contributed by atoms with E-state index in [4.69, 9.17) is 0 Å². The van der Waals surface area contributed by atoms with Crippen LogP contribution in [0.2, 0.25) is 0 Å². The molecule has 1 aliphatic carbocycles. The van der Waals surface area contributed by atoms with E-state index in [2.05, 4.69) is 22.0 Å². The van der Waals surface area contributed by atoms with Crippen LogP contribution in [0.1, 0.15) is 32.8 Å². The SMILES string of the molecule is N#Cc1c(NC(=O)CNc2ccccc2C(=O)Nc2ccc(F)cc2)sc2c1CCC2. The minimum atomic E-state index is -0.387. The van der Waals surface area contributed by atoms with E-state index in [9.17, 15) is 19.2 Å². The van der Waals surface area contributed by atoms with Crippen LogP contribution < -0.4 is 16.0 Å². The van der Waals surface area contributed by atoms with Gasteiger partial charge < -0.3 is 16.0 Å². The Morgan fingerprint density at radius 1 is 1.06 bits per heavy atom. The van der Waals surface area contributed by atoms with Crippen molar-refractivity contribution in [2.75, 3.05) is 22.5 Å². The Labute approximate surface area is 182 Å². The predicted octanol–water partition coefficient (Wildman–Crippen LogP) is 4.55. The number of hydrogen-bond donors (Lipinski definition) is 3. The molecule has 8 heteroatoms. The molecule has 0 aliphatic heterocycles. The van der Waals surface area contributed by atoms with Gasteiger partial charge >= 0.3 is 0 Å². The molecule has 2 amide bonds. The van der Waals surface area contributed by atoms with Crippen LogP contribution in [-0.4, -0.2) is 18.4 Å². The van der Waals surface area contributed by atoms with Crippen LogP contribution in [0.5, 0.6) is 0 Å². The molecule has 0 bridgehead atoms. The second-order valence-corrected chi connectivity index (χ2v) is 8.19. The Hall–Kier alpha value is -3.70. The maximum Gasteiger partial charge on any atom is 0.257 e. The fraction of sp³-hybridized carbons (Fsp3) is 0.174. The van der Waals surface area contributed by atoms with Crippen LogP contribution in [0.3, 0.4) is 0 Å². The van der Waals surface area contributed by atoms with Gasteiger partial charge in [0.2, 0.25) is 5.91 Å². The van der Waals surface area contributed by atoms with E-state index in [1.54, 1.807) is 24.3 Å². The van der Waals surface area contributed by atoms with Gasteiger partial charge in [0.05, 0.1) is 17.7 Å². The van der Waals surface area contributed by atoms with Gasteiger partial charge in [0.25, 0.3) is 5.91 Å². The Kier molecular flexibility index (Phi) is 5.96. The summed E-state index contributed by atoms with van der Waals surface area (Å²) in [6.07, 6.45) is 2.86. The molecule has 1 aromatic heterocycles. The van der Waals surface area contributed by atoms with Gasteiger partial charge in [0, 0.05) is 16.3 Å². The van der Waals surface area contributed by atoms with Crippen molar-refractivity contribution < 1.29 is 14.0 Å². The number of nitrogens with zero attached hydrogens (tertiary/aromatic N) is 1. The molecule has 0 spiro atoms. The number of rotatable bonds is 6. The van der Waals surface area contributed by atoms with Crippen molar-refractivity contribution in [1.82, 2.24) is 0 Å². The number of benzene rings is 2. The number of amides is 2. The average molecular weight is 434 g/mol. The van der Waals surface area contributed by atoms with Crippen molar-refractivity contribution in [2.45, 2.75) is 19.3 Å². The number of aryl methyl sites for hydroxylation is 1. The highest BCUT2D eigenvalue weighted by Gasteiger charge is 2.23. The smallest absolute Gasteiger partial charge is 0.257 e. The summed E-state index contributed by atoms with van der Waals surface area (Å²) in [6, 6.07) is 14.5. The lowest BCUT2D eigenvalue weighted by molar-refractivity contribution is -0.114. The molecule has 3 aromatic rings. The molecule has 0 saturated heterocycles. The summed E-state index contributed by atoms with van der Waals surface area (Å²) < 4.78 is 13.1. The van der Waals surface area contributed by atoms with Crippen molar-refractivity contribution in [1.29, 1.82) is 5.26 Å². The molecule has 6 nitrogen and oxygen atoms in total. The molecule has 2 aromatic carbocycles. The molecule has 0 atom stereocenters. The zero-order chi connectivity index (χ0) is 21.8. The third-order valence-electron chi connectivity index (χ3n) is 5.00. The Bertz CT molecular complexity index is 1180. The third-order valence-corrected chi connectivity index (χ3v) is 6.21. The number of thiophene rings is 1. The lowest BCUT2D eigenvalue weighted by atomic mass is 10.1. The fourth-order valence-corrected chi connectivity index (χ4v) is 4.78. The van der Waals surface area contributed by atoms with Gasteiger partial charge in [-0.3, -0.25) is 9.59 Å². The van der Waals surface area contributed by atoms with Crippen LogP contribution >= 0.6 is 11.3 Å². The van der Waals surface area contributed by atoms with Crippen LogP contribution in [0.4, 0.5) is 20.8 Å². The molecule has 0 saturated carbocycles. The van der Waals surface area contributed by atoms with Crippen LogP contribution in [0.15, 0.2) is 48.5 Å². The van der Waals surface area contributed by atoms with Gasteiger partial charge in [-0.25, -0.2) is 4.39 Å². The van der Waals surface area contributed by atoms with E-state index in [-0.39, 0.29) is 24.2 Å². The number of anilines is 3. The minimum Gasteiger partial charge on any atom is -0.376 e. The molecular formula is C23H19FN4O2S. The van der Waals surface area contributed by atoms with E-state index < -0.39 is 0 Å². The monoisotopic (exact) mass is 434 g/mol. The summed E-state index contributed by atoms with van der Waals surface area (Å²) in [7, 11) is 0. The van der Waals surface area contributed by atoms with Crippen molar-refractivity contribution in [3.05, 3.63) is 75.9 Å². The van der Waals surface area contributed by atoms with Gasteiger partial charge in [-0.1, -0.05) is 12.1 Å². The number of nitriles is 1. The first-order chi connectivity index (χ1) is 15.0. The standard InChI is InChI=1S/C23H19FN4O2S/c24-14-8-10-15(11-9-14)27-22(30)17-4-1-2-6-19(17)26-13-21(29)28-23-18(12-25)16-5-3-7-20(16)31-23/h1-2,4,6,8-11,26H,3,5,7,13H2,(H,27,30)(H,28,29). The fourth-order valence-electron chi connectivity index (χ4n) is 3.52. The van der Waals surface area contributed by atoms with Gasteiger partial charge in [-0.15, -0.1) is 11.3 Å². The van der Waals surface area contributed by atoms with Crippen molar-refractivity contribution in [3.8, 4) is 6.07 Å². The van der Waals surface area contributed by atoms with E-state index in [0.29, 0.717) is 27.5 Å². The third kappa shape index (κ3) is 4.57. The zero-order valence-electron chi connectivity index (χ0n) is 16.5. The molecule has 1 heterocycles. The van der Waals surface area contributed by atoms with Crippen LogP contribution in [0, 0.1) is 17.1 Å². The van der Waals surface area contributed by atoms with Gasteiger partial charge in [-0.2, -0.15) is 5.26 Å². The first-order valence-corrected chi connectivity index (χ1v) is 10.6. The average Bonchev–Trinajstić information content (AvgIpc) is 3.34. The maximum absolute atomic E-state index is 13.1. The predicted molar refractivity (Wildman–Crippen MR) is 119 cm³/mol. The van der Waals surface area contributed by atoms with Gasteiger partial charge in [-0.05, 0) is 61.2 Å². The molecule has 3 N–H and O–H groups in total. The minimum absolute atomic E-state index is 0.0612. The first-order valence-electron chi connectivity index (χ1n) is 9.79. The van der Waals surface area contributed by atoms with E-state index in [1.807, 2.05) is 0 Å². The molecule has 0 unspecified atom stereocenters. The van der Waals surface area contributed by atoms with Gasteiger partial charge in [0.1, 0.15) is 16.9 Å². The highest BCUT2D eigenvalue weighted by molar-refractivity contribution is 7.16. The van der Waals surface area contributed by atoms with E-state index in [0.717, 1.165) is 24.8 Å². The summed E-state index contributed by atoms with van der Waals surface area (Å²) in [5.41, 5.74) is 2.93. The van der Waals surface area contributed by atoms with Crippen LogP contribution in [0.25, 0.3) is 0 Å². The quantitative estimate of drug-likeness (QED) is 0.531. The maximum atomic E-state index is 13.1. The molecule has 0 fully saturated rings. The van der Waals surface area contributed by atoms with Crippen molar-refractivity contribution in [3.63, 3.8) is 0 Å². The topological polar surface area (TPSA) is 94.0 Å². The van der Waals surface area contributed by atoms with Crippen molar-refractivity contribution in [2.24, 2.45) is 0 Å². The summed E-state index contributed by atoms with van der Waals surface area (Å²) in [6.45, 7) is -0.0612. The molecular weight excluding hydrogens is 415 g/mol. The van der Waals surface area contributed by atoms with E-state index >= 15 is 0 Å². The number of halogens is 1. The summed E-state index contributed by atoms with van der Waals surface area (Å²) in [5, 5.41) is 18.5. The second-order valence-electron chi connectivity index (χ2n) is 7.08. The normalized spacial score (nSPS) is 12.0. The molecule has 0 radical (unpaired) electrons. The first kappa shape index (κ1) is 20.6. The molecule has 4 rings (SSSR count). The number of carbonyl (C=O) groups is 2. The van der Waals surface area contributed by atoms with Crippen molar-refractivity contribution >= 4 is 39.5 Å². The Balaban J connectivity index is 1.41. The zero-order valence-corrected chi connectivity index (χ0v) is 17.3. The molecule has 156 valence electrons. The highest BCUT2D eigenvalue weighted by atomic mass is 32.1. The van der Waals surface area contributed by atoms with Gasteiger partial charge in [0.15, 0.2) is 0 Å². The second kappa shape index (κ2) is 8.98. The summed E-state index contributed by atoms with van der Waals surface area (Å²) >= 11 is 1.46. The summed E-state index contributed by atoms with van der Waals surface area (Å²) in [5.74, 6) is -1.07. The number of carbonyl (C=O) groups excluding carboxylic acids is 2. The lowest BCUT2D eigenvalue weighted by Gasteiger charge is -2.12. The number of para-hydroxylation sites is 1. The molecule has 31 heavy (non-hydrogen) atoms. The Morgan fingerprint density at radius 2 is 1.84 bits per heavy atom.